The molecule has 100 valence electrons. The number of hydrogen-bond donors (Lipinski definition) is 0. The number of benzene rings is 1. The summed E-state index contributed by atoms with van der Waals surface area (Å²) in [6.07, 6.45) is 2.12. The molecule has 1 heterocycles. The summed E-state index contributed by atoms with van der Waals surface area (Å²) < 4.78 is 16.0. The van der Waals surface area contributed by atoms with Crippen LogP contribution in [0.1, 0.15) is 12.0 Å². The molecule has 2 unspecified atom stereocenters. The fraction of sp³-hybridized carbons (Fsp3) is 0.571. The first-order valence-corrected chi connectivity index (χ1v) is 7.09. The van der Waals surface area contributed by atoms with Crippen molar-refractivity contribution in [2.75, 3.05) is 27.4 Å². The molecular formula is C14H19BrO3. The van der Waals surface area contributed by atoms with Gasteiger partial charge >= 0.3 is 0 Å². The van der Waals surface area contributed by atoms with Gasteiger partial charge in [-0.25, -0.2) is 0 Å². The zero-order valence-electron chi connectivity index (χ0n) is 10.8. The summed E-state index contributed by atoms with van der Waals surface area (Å²) in [5, 5.41) is 0. The van der Waals surface area contributed by atoms with E-state index in [-0.39, 0.29) is 0 Å². The summed E-state index contributed by atoms with van der Waals surface area (Å²) in [7, 11) is 3.32. The van der Waals surface area contributed by atoms with Gasteiger partial charge in [0.25, 0.3) is 0 Å². The Balaban J connectivity index is 2.04. The Hall–Kier alpha value is -0.740. The van der Waals surface area contributed by atoms with E-state index >= 15 is 0 Å². The van der Waals surface area contributed by atoms with Crippen LogP contribution in [0.2, 0.25) is 0 Å². The van der Waals surface area contributed by atoms with Crippen LogP contribution < -0.4 is 9.47 Å². The number of ether oxygens (including phenoxy) is 3. The largest absolute Gasteiger partial charge is 0.493 e. The molecule has 3 nitrogen and oxygen atoms in total. The van der Waals surface area contributed by atoms with Crippen LogP contribution in [0.3, 0.4) is 0 Å². The van der Waals surface area contributed by atoms with E-state index in [1.54, 1.807) is 14.2 Å². The van der Waals surface area contributed by atoms with Crippen LogP contribution in [0.4, 0.5) is 0 Å². The fourth-order valence-electron chi connectivity index (χ4n) is 2.24. The minimum Gasteiger partial charge on any atom is -0.493 e. The first-order valence-electron chi connectivity index (χ1n) is 6.17. The van der Waals surface area contributed by atoms with Gasteiger partial charge in [-0.05, 0) is 36.5 Å². The van der Waals surface area contributed by atoms with Crippen LogP contribution in [0.5, 0.6) is 11.5 Å². The van der Waals surface area contributed by atoms with Gasteiger partial charge in [-0.1, -0.05) is 22.0 Å². The molecule has 1 aromatic carbocycles. The van der Waals surface area contributed by atoms with Gasteiger partial charge in [0.2, 0.25) is 0 Å². The second-order valence-electron chi connectivity index (χ2n) is 4.53. The molecule has 2 atom stereocenters. The van der Waals surface area contributed by atoms with Crippen molar-refractivity contribution in [2.45, 2.75) is 17.7 Å². The lowest BCUT2D eigenvalue weighted by Crippen LogP contribution is -2.17. The van der Waals surface area contributed by atoms with Crippen LogP contribution >= 0.6 is 15.9 Å². The summed E-state index contributed by atoms with van der Waals surface area (Å²) in [5.74, 6) is 2.17. The highest BCUT2D eigenvalue weighted by Gasteiger charge is 2.24. The van der Waals surface area contributed by atoms with E-state index in [9.17, 15) is 0 Å². The van der Waals surface area contributed by atoms with Gasteiger partial charge in [0.05, 0.1) is 20.8 Å². The smallest absolute Gasteiger partial charge is 0.160 e. The van der Waals surface area contributed by atoms with Crippen molar-refractivity contribution in [3.05, 3.63) is 23.8 Å². The highest BCUT2D eigenvalue weighted by atomic mass is 79.9. The normalized spacial score (nSPS) is 20.7. The molecule has 0 aliphatic carbocycles. The Kier molecular flexibility index (Phi) is 4.89. The van der Waals surface area contributed by atoms with Gasteiger partial charge in [-0.2, -0.15) is 0 Å². The van der Waals surface area contributed by atoms with Crippen LogP contribution in [-0.4, -0.2) is 32.3 Å². The van der Waals surface area contributed by atoms with Gasteiger partial charge in [0.1, 0.15) is 0 Å². The second-order valence-corrected chi connectivity index (χ2v) is 5.71. The molecule has 1 aliphatic heterocycles. The van der Waals surface area contributed by atoms with Crippen LogP contribution in [0.15, 0.2) is 18.2 Å². The number of methoxy groups -OCH3 is 2. The monoisotopic (exact) mass is 314 g/mol. The Bertz CT molecular complexity index is 389. The van der Waals surface area contributed by atoms with Crippen molar-refractivity contribution in [2.24, 2.45) is 5.92 Å². The molecule has 2 rings (SSSR count). The number of hydrogen-bond acceptors (Lipinski definition) is 3. The minimum absolute atomic E-state index is 0.457. The third-order valence-corrected chi connectivity index (χ3v) is 4.43. The molecule has 0 amide bonds. The average Bonchev–Trinajstić information content (AvgIpc) is 2.92. The maximum Gasteiger partial charge on any atom is 0.160 e. The average molecular weight is 315 g/mol. The first-order chi connectivity index (χ1) is 8.74. The molecule has 0 saturated carbocycles. The maximum absolute atomic E-state index is 5.42. The van der Waals surface area contributed by atoms with Crippen molar-refractivity contribution >= 4 is 15.9 Å². The quantitative estimate of drug-likeness (QED) is 0.782. The molecular weight excluding hydrogens is 296 g/mol. The molecule has 1 fully saturated rings. The van der Waals surface area contributed by atoms with Gasteiger partial charge < -0.3 is 14.2 Å². The highest BCUT2D eigenvalue weighted by molar-refractivity contribution is 9.09. The van der Waals surface area contributed by atoms with E-state index in [1.807, 2.05) is 12.1 Å². The molecule has 1 aromatic rings. The van der Waals surface area contributed by atoms with E-state index in [1.165, 1.54) is 5.56 Å². The highest BCUT2D eigenvalue weighted by Crippen LogP contribution is 2.31. The topological polar surface area (TPSA) is 27.7 Å². The number of rotatable bonds is 5. The summed E-state index contributed by atoms with van der Waals surface area (Å²) in [6.45, 7) is 1.75. The molecule has 0 bridgehead atoms. The van der Waals surface area contributed by atoms with Gasteiger partial charge in [0, 0.05) is 11.4 Å². The van der Waals surface area contributed by atoms with Crippen molar-refractivity contribution < 1.29 is 14.2 Å². The van der Waals surface area contributed by atoms with Crippen molar-refractivity contribution in [3.63, 3.8) is 0 Å². The first kappa shape index (κ1) is 13.7. The second kappa shape index (κ2) is 6.43. The van der Waals surface area contributed by atoms with Gasteiger partial charge in [0.15, 0.2) is 11.5 Å². The third-order valence-electron chi connectivity index (χ3n) is 3.36. The van der Waals surface area contributed by atoms with E-state index < -0.39 is 0 Å². The third kappa shape index (κ3) is 3.18. The molecule has 0 N–H and O–H groups in total. The lowest BCUT2D eigenvalue weighted by molar-refractivity contribution is 0.185. The minimum atomic E-state index is 0.457. The standard InChI is InChI=1S/C14H19BrO3/c1-16-13-4-3-10(8-14(13)17-2)7-12(15)11-5-6-18-9-11/h3-4,8,11-12H,5-7,9H2,1-2H3. The molecule has 1 saturated heterocycles. The predicted octanol–water partition coefficient (Wildman–Crippen LogP) is 3.05. The Morgan fingerprint density at radius 3 is 2.72 bits per heavy atom. The van der Waals surface area contributed by atoms with E-state index in [0.29, 0.717) is 10.7 Å². The molecule has 0 aromatic heterocycles. The van der Waals surface area contributed by atoms with Gasteiger partial charge in [-0.3, -0.25) is 0 Å². The summed E-state index contributed by atoms with van der Waals surface area (Å²) >= 11 is 3.77. The van der Waals surface area contributed by atoms with Crippen LogP contribution in [0.25, 0.3) is 0 Å². The van der Waals surface area contributed by atoms with E-state index in [2.05, 4.69) is 22.0 Å². The Morgan fingerprint density at radius 1 is 1.33 bits per heavy atom. The van der Waals surface area contributed by atoms with Crippen molar-refractivity contribution in [3.8, 4) is 11.5 Å². The lowest BCUT2D eigenvalue weighted by Gasteiger charge is -2.16. The number of alkyl halides is 1. The van der Waals surface area contributed by atoms with Gasteiger partial charge in [-0.15, -0.1) is 0 Å². The molecule has 1 aliphatic rings. The van der Waals surface area contributed by atoms with Crippen molar-refractivity contribution in [1.82, 2.24) is 0 Å². The molecule has 4 heteroatoms. The zero-order valence-corrected chi connectivity index (χ0v) is 12.4. The summed E-state index contributed by atoms with van der Waals surface area (Å²) in [6, 6.07) is 6.09. The Labute approximate surface area is 117 Å². The SMILES string of the molecule is COc1ccc(CC(Br)C2CCOC2)cc1OC. The molecule has 0 spiro atoms. The van der Waals surface area contributed by atoms with E-state index in [4.69, 9.17) is 14.2 Å². The predicted molar refractivity (Wildman–Crippen MR) is 74.9 cm³/mol. The Morgan fingerprint density at radius 2 is 2.11 bits per heavy atom. The molecule has 18 heavy (non-hydrogen) atoms. The van der Waals surface area contributed by atoms with Crippen molar-refractivity contribution in [1.29, 1.82) is 0 Å². The maximum atomic E-state index is 5.42. The molecule has 0 radical (unpaired) electrons. The summed E-state index contributed by atoms with van der Waals surface area (Å²) in [4.78, 5) is 0.457. The lowest BCUT2D eigenvalue weighted by atomic mass is 9.98. The summed E-state index contributed by atoms with van der Waals surface area (Å²) in [5.41, 5.74) is 1.25. The number of halogens is 1. The fourth-order valence-corrected chi connectivity index (χ4v) is 3.03. The van der Waals surface area contributed by atoms with E-state index in [0.717, 1.165) is 37.6 Å². The van der Waals surface area contributed by atoms with Crippen LogP contribution in [-0.2, 0) is 11.2 Å². The van der Waals surface area contributed by atoms with Crippen LogP contribution in [0, 0.1) is 5.92 Å². The zero-order chi connectivity index (χ0) is 13.0.